The van der Waals surface area contributed by atoms with Crippen molar-refractivity contribution in [2.75, 3.05) is 0 Å². The molecule has 0 N–H and O–H groups in total. The standard InChI is InChI=1S/C10H12/c1-3-4-10-7-5-9(2)6-8-10/h3,5-8H,1,4H2,2H3. The fourth-order valence-electron chi connectivity index (χ4n) is 0.891. The molecule has 0 spiro atoms. The highest BCUT2D eigenvalue weighted by Crippen LogP contribution is 2.03. The Kier molecular flexibility index (Phi) is 2.27. The summed E-state index contributed by atoms with van der Waals surface area (Å²) in [4.78, 5) is 0. The zero-order valence-corrected chi connectivity index (χ0v) is 6.30. The molecule has 0 fully saturated rings. The lowest BCUT2D eigenvalue weighted by Crippen LogP contribution is -1.79. The molecule has 0 amide bonds. The number of aryl methyl sites for hydroxylation is 1. The second kappa shape index (κ2) is 3.21. The summed E-state index contributed by atoms with van der Waals surface area (Å²) in [6, 6.07) is 8.52. The van der Waals surface area contributed by atoms with Gasteiger partial charge in [-0.3, -0.25) is 0 Å². The minimum atomic E-state index is 0.972. The molecule has 0 aromatic heterocycles. The molecule has 10 heavy (non-hydrogen) atoms. The number of rotatable bonds is 2. The molecule has 0 aliphatic heterocycles. The van der Waals surface area contributed by atoms with Crippen LogP contribution in [0.1, 0.15) is 11.1 Å². The second-order valence-electron chi connectivity index (χ2n) is 2.48. The van der Waals surface area contributed by atoms with Crippen molar-refractivity contribution >= 4 is 0 Å². The van der Waals surface area contributed by atoms with Crippen LogP contribution < -0.4 is 0 Å². The van der Waals surface area contributed by atoms with E-state index >= 15 is 0 Å². The maximum absolute atomic E-state index is 3.68. The molecule has 1 aromatic carbocycles. The van der Waals surface area contributed by atoms with Gasteiger partial charge in [-0.25, -0.2) is 0 Å². The van der Waals surface area contributed by atoms with E-state index in [4.69, 9.17) is 0 Å². The Bertz CT molecular complexity index is 206. The molecule has 0 aliphatic carbocycles. The van der Waals surface area contributed by atoms with E-state index in [1.54, 1.807) is 0 Å². The summed E-state index contributed by atoms with van der Waals surface area (Å²) >= 11 is 0. The van der Waals surface area contributed by atoms with Crippen molar-refractivity contribution < 1.29 is 0 Å². The topological polar surface area (TPSA) is 0 Å². The third kappa shape index (κ3) is 1.73. The quantitative estimate of drug-likeness (QED) is 0.543. The van der Waals surface area contributed by atoms with Crippen molar-refractivity contribution in [2.24, 2.45) is 0 Å². The van der Waals surface area contributed by atoms with Crippen LogP contribution in [0.5, 0.6) is 0 Å². The molecule has 52 valence electrons. The summed E-state index contributed by atoms with van der Waals surface area (Å²) < 4.78 is 0. The first-order chi connectivity index (χ1) is 4.83. The SMILES string of the molecule is C=CCc1ccc(C)cc1. The normalized spacial score (nSPS) is 9.30. The fourth-order valence-corrected chi connectivity index (χ4v) is 0.891. The maximum atomic E-state index is 3.68. The van der Waals surface area contributed by atoms with Crippen LogP contribution in [0.15, 0.2) is 36.9 Å². The van der Waals surface area contributed by atoms with Crippen molar-refractivity contribution in [1.29, 1.82) is 0 Å². The van der Waals surface area contributed by atoms with E-state index in [0.29, 0.717) is 0 Å². The molecule has 0 saturated carbocycles. The lowest BCUT2D eigenvalue weighted by Gasteiger charge is -1.95. The summed E-state index contributed by atoms with van der Waals surface area (Å²) in [5.41, 5.74) is 2.65. The predicted octanol–water partition coefficient (Wildman–Crippen LogP) is 2.72. The zero-order chi connectivity index (χ0) is 7.40. The predicted molar refractivity (Wildman–Crippen MR) is 45.1 cm³/mol. The number of hydrogen-bond acceptors (Lipinski definition) is 0. The first kappa shape index (κ1) is 7.07. The zero-order valence-electron chi connectivity index (χ0n) is 6.30. The number of allylic oxidation sites excluding steroid dienone is 1. The molecule has 0 aliphatic rings. The third-order valence-electron chi connectivity index (χ3n) is 1.50. The van der Waals surface area contributed by atoms with E-state index in [-0.39, 0.29) is 0 Å². The minimum absolute atomic E-state index is 0.972. The summed E-state index contributed by atoms with van der Waals surface area (Å²) in [7, 11) is 0. The number of hydrogen-bond donors (Lipinski definition) is 0. The molecule has 0 atom stereocenters. The minimum Gasteiger partial charge on any atom is -0.103 e. The molecule has 0 heterocycles. The molecule has 1 rings (SSSR count). The fraction of sp³-hybridized carbons (Fsp3) is 0.200. The van der Waals surface area contributed by atoms with Gasteiger partial charge in [0.2, 0.25) is 0 Å². The number of benzene rings is 1. The van der Waals surface area contributed by atoms with E-state index in [9.17, 15) is 0 Å². The van der Waals surface area contributed by atoms with Crippen LogP contribution in [0, 0.1) is 6.92 Å². The van der Waals surface area contributed by atoms with Crippen LogP contribution in [0.3, 0.4) is 0 Å². The molecule has 0 bridgehead atoms. The van der Waals surface area contributed by atoms with Crippen LogP contribution in [0.4, 0.5) is 0 Å². The van der Waals surface area contributed by atoms with E-state index in [0.717, 1.165) is 6.42 Å². The van der Waals surface area contributed by atoms with Crippen molar-refractivity contribution in [3.63, 3.8) is 0 Å². The highest BCUT2D eigenvalue weighted by Gasteiger charge is 1.86. The molecule has 0 unspecified atom stereocenters. The third-order valence-corrected chi connectivity index (χ3v) is 1.50. The van der Waals surface area contributed by atoms with Crippen LogP contribution >= 0.6 is 0 Å². The smallest absolute Gasteiger partial charge is 0.0100 e. The van der Waals surface area contributed by atoms with Gasteiger partial charge in [0, 0.05) is 0 Å². The first-order valence-corrected chi connectivity index (χ1v) is 3.49. The maximum Gasteiger partial charge on any atom is -0.0100 e. The van der Waals surface area contributed by atoms with Crippen LogP contribution in [0.25, 0.3) is 0 Å². The molecule has 0 nitrogen and oxygen atoms in total. The van der Waals surface area contributed by atoms with E-state index in [1.165, 1.54) is 11.1 Å². The summed E-state index contributed by atoms with van der Waals surface area (Å²) in [5, 5.41) is 0. The van der Waals surface area contributed by atoms with Crippen LogP contribution in [0.2, 0.25) is 0 Å². The van der Waals surface area contributed by atoms with Gasteiger partial charge in [0.15, 0.2) is 0 Å². The van der Waals surface area contributed by atoms with E-state index in [1.807, 2.05) is 6.08 Å². The van der Waals surface area contributed by atoms with Gasteiger partial charge >= 0.3 is 0 Å². The monoisotopic (exact) mass is 132 g/mol. The molecule has 0 radical (unpaired) electrons. The summed E-state index contributed by atoms with van der Waals surface area (Å²) in [6.45, 7) is 5.77. The van der Waals surface area contributed by atoms with Gasteiger partial charge < -0.3 is 0 Å². The molecule has 1 aromatic rings. The van der Waals surface area contributed by atoms with E-state index in [2.05, 4.69) is 37.8 Å². The van der Waals surface area contributed by atoms with E-state index < -0.39 is 0 Å². The van der Waals surface area contributed by atoms with Gasteiger partial charge in [0.1, 0.15) is 0 Å². The lowest BCUT2D eigenvalue weighted by atomic mass is 10.1. The van der Waals surface area contributed by atoms with Crippen LogP contribution in [-0.2, 0) is 6.42 Å². The Morgan fingerprint density at radius 1 is 1.30 bits per heavy atom. The average Bonchev–Trinajstić information content (AvgIpc) is 1.95. The van der Waals surface area contributed by atoms with Gasteiger partial charge in [-0.15, -0.1) is 6.58 Å². The van der Waals surface area contributed by atoms with Gasteiger partial charge in [0.25, 0.3) is 0 Å². The van der Waals surface area contributed by atoms with Crippen LogP contribution in [-0.4, -0.2) is 0 Å². The summed E-state index contributed by atoms with van der Waals surface area (Å²) in [6.07, 6.45) is 2.89. The molecular weight excluding hydrogens is 120 g/mol. The van der Waals surface area contributed by atoms with Gasteiger partial charge in [-0.05, 0) is 18.9 Å². The highest BCUT2D eigenvalue weighted by atomic mass is 13.9. The van der Waals surface area contributed by atoms with Gasteiger partial charge in [-0.2, -0.15) is 0 Å². The molecule has 0 heteroatoms. The molecule has 0 saturated heterocycles. The van der Waals surface area contributed by atoms with Crippen molar-refractivity contribution in [1.82, 2.24) is 0 Å². The lowest BCUT2D eigenvalue weighted by molar-refractivity contribution is 1.26. The Hall–Kier alpha value is -1.04. The summed E-state index contributed by atoms with van der Waals surface area (Å²) in [5.74, 6) is 0. The Morgan fingerprint density at radius 2 is 1.90 bits per heavy atom. The van der Waals surface area contributed by atoms with Gasteiger partial charge in [-0.1, -0.05) is 35.9 Å². The Labute approximate surface area is 62.2 Å². The Balaban J connectivity index is 2.78. The van der Waals surface area contributed by atoms with Gasteiger partial charge in [0.05, 0.1) is 0 Å². The average molecular weight is 132 g/mol. The van der Waals surface area contributed by atoms with Crippen molar-refractivity contribution in [3.8, 4) is 0 Å². The largest absolute Gasteiger partial charge is 0.103 e. The van der Waals surface area contributed by atoms with Crippen molar-refractivity contribution in [3.05, 3.63) is 48.0 Å². The second-order valence-corrected chi connectivity index (χ2v) is 2.48. The first-order valence-electron chi connectivity index (χ1n) is 3.49. The highest BCUT2D eigenvalue weighted by molar-refractivity contribution is 5.22. The van der Waals surface area contributed by atoms with Crippen molar-refractivity contribution in [2.45, 2.75) is 13.3 Å². The Morgan fingerprint density at radius 3 is 2.40 bits per heavy atom. The molecular formula is C10H12.